The third kappa shape index (κ3) is 5.13. The van der Waals surface area contributed by atoms with Crippen molar-refractivity contribution < 1.29 is 42.2 Å². The second-order valence-electron chi connectivity index (χ2n) is 11.3. The Labute approximate surface area is 240 Å². The Balaban J connectivity index is 1.64. The third-order valence-corrected chi connectivity index (χ3v) is 8.46. The van der Waals surface area contributed by atoms with Gasteiger partial charge in [0.05, 0.1) is 37.4 Å². The maximum atomic E-state index is 13.6. The van der Waals surface area contributed by atoms with Crippen molar-refractivity contribution in [2.75, 3.05) is 32.1 Å². The van der Waals surface area contributed by atoms with Crippen LogP contribution in [0.15, 0.2) is 42.5 Å². The summed E-state index contributed by atoms with van der Waals surface area (Å²) in [4.78, 5) is 29.7. The fraction of sp³-hybridized carbons (Fsp3) is 0.464. The lowest BCUT2D eigenvalue weighted by Crippen LogP contribution is -2.65. The number of hydrogen-bond acceptors (Lipinski definition) is 8. The van der Waals surface area contributed by atoms with Gasteiger partial charge in [0, 0.05) is 17.3 Å². The number of ether oxygens (including phenoxy) is 1. The summed E-state index contributed by atoms with van der Waals surface area (Å²) in [5.74, 6) is -1.73. The molecule has 224 valence electrons. The van der Waals surface area contributed by atoms with Crippen LogP contribution in [-0.2, 0) is 22.3 Å². The molecule has 4 N–H and O–H groups in total. The molecule has 2 aromatic rings. The highest BCUT2D eigenvalue weighted by atomic mass is 19.4. The molecule has 5 rings (SSSR count). The number of nitrogens with zero attached hydrogens (tertiary/aromatic N) is 4. The molecule has 14 heteroatoms. The van der Waals surface area contributed by atoms with E-state index in [1.165, 1.54) is 29.0 Å². The van der Waals surface area contributed by atoms with E-state index in [1.54, 1.807) is 25.1 Å². The van der Waals surface area contributed by atoms with Crippen molar-refractivity contribution in [1.82, 2.24) is 15.8 Å². The summed E-state index contributed by atoms with van der Waals surface area (Å²) < 4.78 is 46.3. The molecule has 0 saturated carbocycles. The minimum Gasteiger partial charge on any atom is -0.469 e. The van der Waals surface area contributed by atoms with Crippen LogP contribution in [0.25, 0.3) is 0 Å². The molecule has 2 aromatic carbocycles. The lowest BCUT2D eigenvalue weighted by molar-refractivity contribution is -0.913. The predicted octanol–water partition coefficient (Wildman–Crippen LogP) is 1.81. The van der Waals surface area contributed by atoms with E-state index in [-0.39, 0.29) is 29.8 Å². The van der Waals surface area contributed by atoms with Crippen molar-refractivity contribution in [1.29, 1.82) is 5.26 Å². The molecule has 0 aromatic heterocycles. The number of likely N-dealkylation sites (N-methyl/N-ethyl adjacent to an activating group) is 1. The second-order valence-corrected chi connectivity index (χ2v) is 11.3. The molecule has 0 bridgehead atoms. The van der Waals surface area contributed by atoms with Gasteiger partial charge in [-0.25, -0.2) is 4.79 Å². The van der Waals surface area contributed by atoms with E-state index >= 15 is 0 Å². The van der Waals surface area contributed by atoms with Crippen LogP contribution in [0, 0.1) is 17.2 Å². The van der Waals surface area contributed by atoms with E-state index in [0.29, 0.717) is 16.7 Å². The van der Waals surface area contributed by atoms with Gasteiger partial charge >= 0.3 is 18.2 Å². The Morgan fingerprint density at radius 2 is 1.86 bits per heavy atom. The van der Waals surface area contributed by atoms with Crippen LogP contribution < -0.4 is 15.8 Å². The monoisotopic (exact) mass is 589 g/mol. The largest absolute Gasteiger partial charge is 0.469 e. The molecule has 3 heterocycles. The maximum Gasteiger partial charge on any atom is 0.416 e. The Bertz CT molecular complexity index is 1420. The van der Waals surface area contributed by atoms with Gasteiger partial charge in [-0.15, -0.1) is 0 Å². The van der Waals surface area contributed by atoms with Crippen LogP contribution in [0.1, 0.15) is 35.2 Å². The lowest BCUT2D eigenvalue weighted by Gasteiger charge is -2.52. The number of methoxy groups -OCH3 is 1. The van der Waals surface area contributed by atoms with Crippen LogP contribution >= 0.6 is 0 Å². The van der Waals surface area contributed by atoms with Crippen LogP contribution in [-0.4, -0.2) is 83.4 Å². The number of urea groups is 1. The van der Waals surface area contributed by atoms with Crippen LogP contribution in [0.5, 0.6) is 0 Å². The van der Waals surface area contributed by atoms with Gasteiger partial charge in [0.1, 0.15) is 37.8 Å². The zero-order valence-electron chi connectivity index (χ0n) is 23.2. The van der Waals surface area contributed by atoms with Crippen molar-refractivity contribution in [3.8, 4) is 6.07 Å². The summed E-state index contributed by atoms with van der Waals surface area (Å²) >= 11 is 0. The van der Waals surface area contributed by atoms with Crippen molar-refractivity contribution in [3.63, 3.8) is 0 Å². The molecule has 3 aliphatic rings. The number of benzene rings is 2. The van der Waals surface area contributed by atoms with E-state index < -0.39 is 60.2 Å². The van der Waals surface area contributed by atoms with Gasteiger partial charge in [-0.3, -0.25) is 15.1 Å². The summed E-state index contributed by atoms with van der Waals surface area (Å²) in [7, 11) is 3.06. The molecule has 0 spiro atoms. The number of likely N-dealkylation sites (tertiary alicyclic amines) is 1. The number of hydrazine groups is 1. The summed E-state index contributed by atoms with van der Waals surface area (Å²) in [6, 6.07) is 9.34. The minimum absolute atomic E-state index is 0.141. The van der Waals surface area contributed by atoms with Gasteiger partial charge in [0.2, 0.25) is 0 Å². The van der Waals surface area contributed by atoms with Gasteiger partial charge in [-0.05, 0) is 42.8 Å². The zero-order valence-corrected chi connectivity index (χ0v) is 23.2. The zero-order chi connectivity index (χ0) is 30.6. The number of carbonyl (C=O) groups excluding carboxylic acids is 2. The number of anilines is 1. The topological polar surface area (TPSA) is 138 Å². The summed E-state index contributed by atoms with van der Waals surface area (Å²) in [6.07, 6.45) is -7.46. The van der Waals surface area contributed by atoms with E-state index in [4.69, 9.17) is 4.74 Å². The molecule has 3 saturated heterocycles. The fourth-order valence-electron chi connectivity index (χ4n) is 6.57. The van der Waals surface area contributed by atoms with Crippen LogP contribution in [0.3, 0.4) is 0 Å². The molecule has 5 unspecified atom stereocenters. The van der Waals surface area contributed by atoms with Crippen LogP contribution in [0.4, 0.5) is 23.7 Å². The first-order chi connectivity index (χ1) is 19.8. The Kier molecular flexibility index (Phi) is 7.56. The number of halogens is 3. The van der Waals surface area contributed by atoms with Gasteiger partial charge in [-0.2, -0.15) is 23.9 Å². The highest BCUT2D eigenvalue weighted by Crippen LogP contribution is 2.45. The van der Waals surface area contributed by atoms with E-state index in [2.05, 4.69) is 16.9 Å². The molecule has 3 aliphatic heterocycles. The molecule has 11 nitrogen and oxygen atoms in total. The quantitative estimate of drug-likeness (QED) is 0.306. The smallest absolute Gasteiger partial charge is 0.416 e. The molecular formula is C28H32F3N6O5+. The number of nitrogens with one attached hydrogen (secondary N) is 2. The van der Waals surface area contributed by atoms with Gasteiger partial charge in [0.25, 0.3) is 0 Å². The summed E-state index contributed by atoms with van der Waals surface area (Å²) in [5.41, 5.74) is 6.15. The lowest BCUT2D eigenvalue weighted by atomic mass is 9.81. The van der Waals surface area contributed by atoms with E-state index in [0.717, 1.165) is 12.1 Å². The number of hydrogen-bond donors (Lipinski definition) is 4. The first-order valence-corrected chi connectivity index (χ1v) is 13.4. The third-order valence-electron chi connectivity index (χ3n) is 8.46. The summed E-state index contributed by atoms with van der Waals surface area (Å²) in [6.45, 7) is 2.44. The highest BCUT2D eigenvalue weighted by Gasteiger charge is 2.55. The van der Waals surface area contributed by atoms with Crippen molar-refractivity contribution in [3.05, 3.63) is 64.7 Å². The molecule has 0 radical (unpaired) electrons. The Morgan fingerprint density at radius 3 is 2.48 bits per heavy atom. The highest BCUT2D eigenvalue weighted by molar-refractivity contribution is 5.82. The number of nitriles is 1. The van der Waals surface area contributed by atoms with Gasteiger partial charge in [0.15, 0.2) is 6.29 Å². The molecule has 3 fully saturated rings. The maximum absolute atomic E-state index is 13.6. The Morgan fingerprint density at radius 1 is 1.17 bits per heavy atom. The number of rotatable bonds is 5. The standard InChI is InChI=1S/C28H31F3N6O5/c1-15-23(25(40)42-3)24(20-8-7-16(11-32)9-17(20)12-37(2)13-21(38)22(39)14-37)36-26(33-34-27(36)41)35(15)19-6-4-5-18(10-19)28(29,30)31/h4-10,15,21-24,26,33,38-39H,12-14H2,1-3H3/p+1/t15?,21?,22?,23?,24-,26?,37?/m0/s1. The summed E-state index contributed by atoms with van der Waals surface area (Å²) in [5, 5.41) is 30.1. The molecule has 42 heavy (non-hydrogen) atoms. The van der Waals surface area contributed by atoms with Crippen molar-refractivity contribution in [2.24, 2.45) is 5.92 Å². The van der Waals surface area contributed by atoms with Crippen molar-refractivity contribution in [2.45, 2.75) is 50.2 Å². The molecule has 6 atom stereocenters. The van der Waals surface area contributed by atoms with E-state index in [9.17, 15) is 38.2 Å². The Hall–Kier alpha value is -3.90. The number of aliphatic hydroxyl groups is 2. The number of quaternary nitrogens is 1. The first kappa shape index (κ1) is 29.6. The average molecular weight is 590 g/mol. The molecule has 2 amide bonds. The number of amides is 2. The van der Waals surface area contributed by atoms with Crippen molar-refractivity contribution >= 4 is 17.7 Å². The fourth-order valence-corrected chi connectivity index (χ4v) is 6.57. The molecule has 0 aliphatic carbocycles. The number of carbonyl (C=O) groups is 2. The average Bonchev–Trinajstić information content (AvgIpc) is 3.44. The number of alkyl halides is 3. The predicted molar refractivity (Wildman–Crippen MR) is 142 cm³/mol. The minimum atomic E-state index is -4.61. The SMILES string of the molecule is COC(=O)C1C(C)N(c2cccc(C(F)(F)F)c2)C2NNC(=O)N2[C@H]1c1ccc(C#N)cc1C[N+]1(C)CC(O)C(O)C1. The van der Waals surface area contributed by atoms with Gasteiger partial charge < -0.3 is 24.3 Å². The van der Waals surface area contributed by atoms with Gasteiger partial charge in [-0.1, -0.05) is 12.1 Å². The molecular weight excluding hydrogens is 557 g/mol. The number of aliphatic hydroxyl groups excluding tert-OH is 2. The van der Waals surface area contributed by atoms with E-state index in [1.807, 2.05) is 7.05 Å². The second kappa shape index (κ2) is 10.7. The number of fused-ring (bicyclic) bond motifs is 1. The normalized spacial score (nSPS) is 31.0. The first-order valence-electron chi connectivity index (χ1n) is 13.4. The van der Waals surface area contributed by atoms with Crippen LogP contribution in [0.2, 0.25) is 0 Å². The number of esters is 1.